The van der Waals surface area contributed by atoms with E-state index in [4.69, 9.17) is 10.1 Å². The van der Waals surface area contributed by atoms with E-state index in [0.717, 1.165) is 41.4 Å². The summed E-state index contributed by atoms with van der Waals surface area (Å²) in [6.07, 6.45) is 10.5. The predicted octanol–water partition coefficient (Wildman–Crippen LogP) is 3.53. The Hall–Kier alpha value is -2.77. The molecule has 1 fully saturated rings. The molecule has 1 saturated heterocycles. The highest BCUT2D eigenvalue weighted by Crippen LogP contribution is 2.32. The number of allylic oxidation sites excluding steroid dienone is 4. The number of carbonyl (C=O) groups is 1. The molecule has 4 rings (SSSR count). The summed E-state index contributed by atoms with van der Waals surface area (Å²) >= 11 is 0. The Morgan fingerprint density at radius 1 is 1.19 bits per heavy atom. The number of pyridine rings is 1. The number of hydrogen-bond acceptors (Lipinski definition) is 6. The molecule has 2 aromatic rings. The van der Waals surface area contributed by atoms with Crippen LogP contribution in [0.2, 0.25) is 0 Å². The standard InChI is InChI=1S/C24H31N5O2/c1-18-16-20(19(8-7-15-30)17-22(18)31)26-23-21-9-3-6-13-29(21)27-24(23)25-10-14-28-11-4-2-5-12-28/h3,6,9,13,16-17,30H,2,4-5,7-8,10-12,14-15H2,1H3,(H,25,27). The summed E-state index contributed by atoms with van der Waals surface area (Å²) in [7, 11) is 0. The van der Waals surface area contributed by atoms with Crippen LogP contribution in [0.3, 0.4) is 0 Å². The van der Waals surface area contributed by atoms with Crippen molar-refractivity contribution in [2.24, 2.45) is 4.99 Å². The average molecular weight is 422 g/mol. The first kappa shape index (κ1) is 21.5. The molecule has 1 aliphatic carbocycles. The molecule has 7 heteroatoms. The van der Waals surface area contributed by atoms with Gasteiger partial charge in [0.05, 0.1) is 11.2 Å². The Labute approximate surface area is 183 Å². The number of piperidine rings is 1. The molecule has 0 bridgehead atoms. The van der Waals surface area contributed by atoms with Gasteiger partial charge < -0.3 is 15.3 Å². The SMILES string of the molecule is CC1=CC(=Nc2c(NCCN3CCCCC3)nn3ccccc23)C(CCCO)=CC1=O. The number of hydrogen-bond donors (Lipinski definition) is 2. The van der Waals surface area contributed by atoms with Gasteiger partial charge in [-0.1, -0.05) is 12.5 Å². The van der Waals surface area contributed by atoms with E-state index < -0.39 is 0 Å². The van der Waals surface area contributed by atoms with Gasteiger partial charge in [0.15, 0.2) is 11.6 Å². The maximum atomic E-state index is 12.2. The fourth-order valence-corrected chi connectivity index (χ4v) is 4.14. The quantitative estimate of drug-likeness (QED) is 0.637. The highest BCUT2D eigenvalue weighted by atomic mass is 16.2. The second kappa shape index (κ2) is 10.0. The van der Waals surface area contributed by atoms with E-state index in [1.807, 2.05) is 41.9 Å². The van der Waals surface area contributed by atoms with E-state index in [2.05, 4.69) is 10.2 Å². The molecule has 0 atom stereocenters. The number of rotatable bonds is 8. The van der Waals surface area contributed by atoms with Gasteiger partial charge in [-0.3, -0.25) is 4.79 Å². The number of ketones is 1. The number of anilines is 1. The third-order valence-corrected chi connectivity index (χ3v) is 5.90. The van der Waals surface area contributed by atoms with Crippen molar-refractivity contribution in [3.8, 4) is 0 Å². The smallest absolute Gasteiger partial charge is 0.181 e. The Kier molecular flexibility index (Phi) is 6.94. The first-order valence-corrected chi connectivity index (χ1v) is 11.2. The van der Waals surface area contributed by atoms with Crippen molar-refractivity contribution in [1.82, 2.24) is 14.5 Å². The summed E-state index contributed by atoms with van der Waals surface area (Å²) < 4.78 is 1.84. The largest absolute Gasteiger partial charge is 0.396 e. The molecule has 0 radical (unpaired) electrons. The summed E-state index contributed by atoms with van der Waals surface area (Å²) in [4.78, 5) is 19.7. The Morgan fingerprint density at radius 3 is 2.84 bits per heavy atom. The highest BCUT2D eigenvalue weighted by molar-refractivity contribution is 6.22. The number of aliphatic imine (C=N–C) groups is 1. The molecule has 164 valence electrons. The minimum absolute atomic E-state index is 0.00614. The number of aliphatic hydroxyl groups excluding tert-OH is 1. The molecular weight excluding hydrogens is 390 g/mol. The summed E-state index contributed by atoms with van der Waals surface area (Å²) in [6, 6.07) is 5.93. The van der Waals surface area contributed by atoms with Crippen LogP contribution < -0.4 is 5.32 Å². The Bertz CT molecular complexity index is 1030. The van der Waals surface area contributed by atoms with Crippen molar-refractivity contribution in [2.45, 2.75) is 39.0 Å². The van der Waals surface area contributed by atoms with Gasteiger partial charge in [-0.25, -0.2) is 9.51 Å². The molecule has 31 heavy (non-hydrogen) atoms. The molecule has 0 unspecified atom stereocenters. The zero-order chi connectivity index (χ0) is 21.6. The van der Waals surface area contributed by atoms with Crippen LogP contribution in [0.25, 0.3) is 5.52 Å². The minimum Gasteiger partial charge on any atom is -0.396 e. The number of aromatic nitrogens is 2. The van der Waals surface area contributed by atoms with Gasteiger partial charge in [0, 0.05) is 25.9 Å². The number of nitrogens with zero attached hydrogens (tertiary/aromatic N) is 4. The highest BCUT2D eigenvalue weighted by Gasteiger charge is 2.19. The van der Waals surface area contributed by atoms with E-state index in [0.29, 0.717) is 18.4 Å². The second-order valence-electron chi connectivity index (χ2n) is 8.24. The number of likely N-dealkylation sites (tertiary alicyclic amines) is 1. The van der Waals surface area contributed by atoms with Crippen molar-refractivity contribution < 1.29 is 9.90 Å². The van der Waals surface area contributed by atoms with Crippen molar-refractivity contribution in [2.75, 3.05) is 38.1 Å². The molecule has 0 amide bonds. The Morgan fingerprint density at radius 2 is 2.03 bits per heavy atom. The van der Waals surface area contributed by atoms with Crippen molar-refractivity contribution >= 4 is 28.5 Å². The average Bonchev–Trinajstić information content (AvgIpc) is 3.13. The van der Waals surface area contributed by atoms with Gasteiger partial charge in [0.1, 0.15) is 5.69 Å². The number of fused-ring (bicyclic) bond motifs is 1. The molecule has 7 nitrogen and oxygen atoms in total. The van der Waals surface area contributed by atoms with Crippen LogP contribution in [0, 0.1) is 0 Å². The summed E-state index contributed by atoms with van der Waals surface area (Å²) in [5.41, 5.74) is 3.99. The van der Waals surface area contributed by atoms with Crippen LogP contribution in [0.1, 0.15) is 39.0 Å². The second-order valence-corrected chi connectivity index (χ2v) is 8.24. The third kappa shape index (κ3) is 5.11. The molecule has 1 aliphatic heterocycles. The monoisotopic (exact) mass is 421 g/mol. The van der Waals surface area contributed by atoms with Gasteiger partial charge >= 0.3 is 0 Å². The van der Waals surface area contributed by atoms with Crippen LogP contribution in [-0.4, -0.2) is 63.9 Å². The zero-order valence-corrected chi connectivity index (χ0v) is 18.2. The van der Waals surface area contributed by atoms with Crippen LogP contribution in [0.5, 0.6) is 0 Å². The van der Waals surface area contributed by atoms with Crippen LogP contribution >= 0.6 is 0 Å². The van der Waals surface area contributed by atoms with Gasteiger partial charge in [0.2, 0.25) is 0 Å². The van der Waals surface area contributed by atoms with E-state index >= 15 is 0 Å². The first-order chi connectivity index (χ1) is 15.2. The first-order valence-electron chi connectivity index (χ1n) is 11.2. The van der Waals surface area contributed by atoms with E-state index in [9.17, 15) is 9.90 Å². The lowest BCUT2D eigenvalue weighted by molar-refractivity contribution is -0.111. The third-order valence-electron chi connectivity index (χ3n) is 5.90. The molecule has 0 aromatic carbocycles. The number of carbonyl (C=O) groups excluding carboxylic acids is 1. The fourth-order valence-electron chi connectivity index (χ4n) is 4.14. The Balaban J connectivity index is 1.62. The predicted molar refractivity (Wildman–Crippen MR) is 124 cm³/mol. The van der Waals surface area contributed by atoms with E-state index in [1.54, 1.807) is 6.08 Å². The van der Waals surface area contributed by atoms with Gasteiger partial charge in [0.25, 0.3) is 0 Å². The molecule has 2 N–H and O–H groups in total. The summed E-state index contributed by atoms with van der Waals surface area (Å²) in [5.74, 6) is 0.756. The molecule has 0 saturated carbocycles. The van der Waals surface area contributed by atoms with Crippen molar-refractivity contribution in [1.29, 1.82) is 0 Å². The van der Waals surface area contributed by atoms with Gasteiger partial charge in [-0.2, -0.15) is 0 Å². The van der Waals surface area contributed by atoms with Crippen LogP contribution in [0.4, 0.5) is 11.5 Å². The zero-order valence-electron chi connectivity index (χ0n) is 18.2. The van der Waals surface area contributed by atoms with Crippen molar-refractivity contribution in [3.05, 3.63) is 47.7 Å². The lowest BCUT2D eigenvalue weighted by Crippen LogP contribution is -2.33. The maximum Gasteiger partial charge on any atom is 0.181 e. The van der Waals surface area contributed by atoms with Gasteiger partial charge in [-0.05, 0) is 81.1 Å². The summed E-state index contributed by atoms with van der Waals surface area (Å²) in [5, 5.41) is 17.5. The molecule has 2 aromatic heterocycles. The van der Waals surface area contributed by atoms with E-state index in [-0.39, 0.29) is 12.4 Å². The lowest BCUT2D eigenvalue weighted by Gasteiger charge is -2.26. The number of aliphatic hydroxyl groups is 1. The molecule has 2 aliphatic rings. The molecular formula is C24H31N5O2. The van der Waals surface area contributed by atoms with E-state index in [1.165, 1.54) is 32.4 Å². The minimum atomic E-state index is 0.00614. The normalized spacial score (nSPS) is 19.0. The lowest BCUT2D eigenvalue weighted by atomic mass is 9.94. The molecule has 3 heterocycles. The van der Waals surface area contributed by atoms with Crippen molar-refractivity contribution in [3.63, 3.8) is 0 Å². The topological polar surface area (TPSA) is 82.2 Å². The summed E-state index contributed by atoms with van der Waals surface area (Å²) in [6.45, 7) is 6.02. The van der Waals surface area contributed by atoms with Gasteiger partial charge in [-0.15, -0.1) is 5.10 Å². The number of nitrogens with one attached hydrogen (secondary N) is 1. The maximum absolute atomic E-state index is 12.2. The van der Waals surface area contributed by atoms with Crippen LogP contribution in [-0.2, 0) is 4.79 Å². The molecule has 0 spiro atoms. The fraction of sp³-hybridized carbons (Fsp3) is 0.458. The van der Waals surface area contributed by atoms with Crippen LogP contribution in [0.15, 0.2) is 52.7 Å².